The molecule has 0 aromatic heterocycles. The molecule has 1 atom stereocenters. The molecule has 18 heavy (non-hydrogen) atoms. The highest BCUT2D eigenvalue weighted by atomic mass is 35.5. The van der Waals surface area contributed by atoms with Crippen LogP contribution in [0.2, 0.25) is 0 Å². The summed E-state index contributed by atoms with van der Waals surface area (Å²) in [6.07, 6.45) is 0. The SMILES string of the molecule is CNC(C)CNS(=O)(=O)c1ccc(F)cc1F.Cl. The summed E-state index contributed by atoms with van der Waals surface area (Å²) in [4.78, 5) is -0.554. The minimum Gasteiger partial charge on any atom is -0.316 e. The lowest BCUT2D eigenvalue weighted by Gasteiger charge is -2.12. The molecule has 1 aromatic rings. The average Bonchev–Trinajstić information content (AvgIpc) is 2.25. The lowest BCUT2D eigenvalue weighted by atomic mass is 10.3. The third-order valence-corrected chi connectivity index (χ3v) is 3.71. The molecule has 0 saturated carbocycles. The van der Waals surface area contributed by atoms with Crippen LogP contribution in [0.25, 0.3) is 0 Å². The summed E-state index contributed by atoms with van der Waals surface area (Å²) in [6, 6.07) is 2.25. The number of sulfonamides is 1. The van der Waals surface area contributed by atoms with E-state index in [1.165, 1.54) is 0 Å². The van der Waals surface area contributed by atoms with E-state index in [1.807, 2.05) is 0 Å². The molecule has 0 amide bonds. The topological polar surface area (TPSA) is 58.2 Å². The van der Waals surface area contributed by atoms with Gasteiger partial charge in [0.15, 0.2) is 0 Å². The van der Waals surface area contributed by atoms with Crippen molar-refractivity contribution in [3.05, 3.63) is 29.8 Å². The van der Waals surface area contributed by atoms with Crippen molar-refractivity contribution in [1.82, 2.24) is 10.0 Å². The third-order valence-electron chi connectivity index (χ3n) is 2.26. The fourth-order valence-corrected chi connectivity index (χ4v) is 2.30. The molecular weight excluding hydrogens is 286 g/mol. The highest BCUT2D eigenvalue weighted by Crippen LogP contribution is 2.14. The number of nitrogens with one attached hydrogen (secondary N) is 2. The summed E-state index contributed by atoms with van der Waals surface area (Å²) < 4.78 is 51.5. The summed E-state index contributed by atoms with van der Waals surface area (Å²) in [7, 11) is -2.27. The van der Waals surface area contributed by atoms with Crippen molar-refractivity contribution in [1.29, 1.82) is 0 Å². The summed E-state index contributed by atoms with van der Waals surface area (Å²) in [6.45, 7) is 1.89. The number of benzene rings is 1. The first-order valence-electron chi connectivity index (χ1n) is 4.99. The molecule has 0 aliphatic carbocycles. The Morgan fingerprint density at radius 3 is 2.44 bits per heavy atom. The average molecular weight is 301 g/mol. The second kappa shape index (κ2) is 6.98. The Kier molecular flexibility index (Phi) is 6.69. The van der Waals surface area contributed by atoms with E-state index in [2.05, 4.69) is 10.0 Å². The molecule has 2 N–H and O–H groups in total. The van der Waals surface area contributed by atoms with E-state index < -0.39 is 26.6 Å². The maximum Gasteiger partial charge on any atom is 0.243 e. The summed E-state index contributed by atoms with van der Waals surface area (Å²) in [5, 5.41) is 2.83. The van der Waals surface area contributed by atoms with Crippen molar-refractivity contribution in [3.63, 3.8) is 0 Å². The molecule has 0 radical (unpaired) electrons. The smallest absolute Gasteiger partial charge is 0.243 e. The van der Waals surface area contributed by atoms with E-state index in [-0.39, 0.29) is 25.0 Å². The molecule has 0 aliphatic heterocycles. The van der Waals surface area contributed by atoms with Gasteiger partial charge in [-0.25, -0.2) is 21.9 Å². The Bertz CT molecular complexity index is 497. The van der Waals surface area contributed by atoms with Gasteiger partial charge in [-0.15, -0.1) is 12.4 Å². The molecule has 1 aromatic carbocycles. The second-order valence-electron chi connectivity index (χ2n) is 3.62. The van der Waals surface area contributed by atoms with Gasteiger partial charge in [0.05, 0.1) is 0 Å². The first kappa shape index (κ1) is 17.2. The van der Waals surface area contributed by atoms with E-state index in [0.717, 1.165) is 12.1 Å². The fraction of sp³-hybridized carbons (Fsp3) is 0.400. The van der Waals surface area contributed by atoms with Crippen LogP contribution in [-0.4, -0.2) is 28.1 Å². The highest BCUT2D eigenvalue weighted by Gasteiger charge is 2.19. The molecule has 0 saturated heterocycles. The van der Waals surface area contributed by atoms with Crippen LogP contribution in [0.15, 0.2) is 23.1 Å². The molecule has 8 heteroatoms. The van der Waals surface area contributed by atoms with Gasteiger partial charge in [-0.1, -0.05) is 0 Å². The molecule has 0 aliphatic rings. The van der Waals surface area contributed by atoms with E-state index in [0.29, 0.717) is 6.07 Å². The van der Waals surface area contributed by atoms with Crippen LogP contribution < -0.4 is 10.0 Å². The van der Waals surface area contributed by atoms with Crippen LogP contribution in [0.4, 0.5) is 8.78 Å². The van der Waals surface area contributed by atoms with Gasteiger partial charge in [0.2, 0.25) is 10.0 Å². The number of hydrogen-bond donors (Lipinski definition) is 2. The normalized spacial score (nSPS) is 12.9. The Morgan fingerprint density at radius 1 is 1.33 bits per heavy atom. The lowest BCUT2D eigenvalue weighted by Crippen LogP contribution is -2.37. The summed E-state index contributed by atoms with van der Waals surface area (Å²) in [5.41, 5.74) is 0. The van der Waals surface area contributed by atoms with E-state index in [1.54, 1.807) is 14.0 Å². The van der Waals surface area contributed by atoms with Crippen LogP contribution in [0.5, 0.6) is 0 Å². The summed E-state index contributed by atoms with van der Waals surface area (Å²) in [5.74, 6) is -1.92. The molecule has 0 heterocycles. The molecule has 1 unspecified atom stereocenters. The predicted octanol–water partition coefficient (Wildman–Crippen LogP) is 1.27. The van der Waals surface area contributed by atoms with Gasteiger partial charge in [-0.05, 0) is 26.1 Å². The van der Waals surface area contributed by atoms with Gasteiger partial charge < -0.3 is 5.32 Å². The molecule has 0 bridgehead atoms. The molecule has 1 rings (SSSR count). The Morgan fingerprint density at radius 2 is 1.94 bits per heavy atom. The molecular formula is C10H15ClF2N2O2S. The number of likely N-dealkylation sites (N-methyl/N-ethyl adjacent to an activating group) is 1. The number of hydrogen-bond acceptors (Lipinski definition) is 3. The van der Waals surface area contributed by atoms with Gasteiger partial charge >= 0.3 is 0 Å². The van der Waals surface area contributed by atoms with E-state index >= 15 is 0 Å². The van der Waals surface area contributed by atoms with E-state index in [4.69, 9.17) is 0 Å². The van der Waals surface area contributed by atoms with E-state index in [9.17, 15) is 17.2 Å². The third kappa shape index (κ3) is 4.49. The maximum atomic E-state index is 13.3. The van der Waals surface area contributed by atoms with Crippen molar-refractivity contribution in [2.75, 3.05) is 13.6 Å². The zero-order valence-corrected chi connectivity index (χ0v) is 11.5. The van der Waals surface area contributed by atoms with Crippen molar-refractivity contribution < 1.29 is 17.2 Å². The van der Waals surface area contributed by atoms with Crippen molar-refractivity contribution in [2.24, 2.45) is 0 Å². The number of rotatable bonds is 5. The summed E-state index contributed by atoms with van der Waals surface area (Å²) >= 11 is 0. The van der Waals surface area contributed by atoms with Gasteiger partial charge in [0.25, 0.3) is 0 Å². The molecule has 4 nitrogen and oxygen atoms in total. The van der Waals surface area contributed by atoms with Crippen LogP contribution in [0, 0.1) is 11.6 Å². The van der Waals surface area contributed by atoms with Gasteiger partial charge in [-0.2, -0.15) is 0 Å². The van der Waals surface area contributed by atoms with Crippen molar-refractivity contribution in [2.45, 2.75) is 17.9 Å². The number of halogens is 3. The molecule has 0 spiro atoms. The Labute approximate surface area is 111 Å². The second-order valence-corrected chi connectivity index (χ2v) is 5.35. The van der Waals surface area contributed by atoms with Crippen LogP contribution in [0.3, 0.4) is 0 Å². The standard InChI is InChI=1S/C10H14F2N2O2S.ClH/c1-7(13-2)6-14-17(15,16)10-4-3-8(11)5-9(10)12;/h3-5,7,13-14H,6H2,1-2H3;1H. The van der Waals surface area contributed by atoms with Gasteiger partial charge in [-0.3, -0.25) is 0 Å². The minimum absolute atomic E-state index is 0. The molecule has 0 fully saturated rings. The van der Waals surface area contributed by atoms with Crippen LogP contribution in [-0.2, 0) is 10.0 Å². The van der Waals surface area contributed by atoms with Gasteiger partial charge in [0.1, 0.15) is 16.5 Å². The minimum atomic E-state index is -3.94. The van der Waals surface area contributed by atoms with Crippen molar-refractivity contribution >= 4 is 22.4 Å². The maximum absolute atomic E-state index is 13.3. The predicted molar refractivity (Wildman–Crippen MR) is 67.3 cm³/mol. The van der Waals surface area contributed by atoms with Crippen LogP contribution >= 0.6 is 12.4 Å². The lowest BCUT2D eigenvalue weighted by molar-refractivity contribution is 0.533. The van der Waals surface area contributed by atoms with Crippen LogP contribution in [0.1, 0.15) is 6.92 Å². The Hall–Kier alpha value is -0.760. The largest absolute Gasteiger partial charge is 0.316 e. The molecule has 104 valence electrons. The highest BCUT2D eigenvalue weighted by molar-refractivity contribution is 7.89. The Balaban J connectivity index is 0.00000289. The van der Waals surface area contributed by atoms with Crippen molar-refractivity contribution in [3.8, 4) is 0 Å². The zero-order chi connectivity index (χ0) is 13.1. The monoisotopic (exact) mass is 300 g/mol. The fourth-order valence-electron chi connectivity index (χ4n) is 1.11. The quantitative estimate of drug-likeness (QED) is 0.861. The van der Waals surface area contributed by atoms with Gasteiger partial charge in [0, 0.05) is 18.7 Å². The first-order valence-corrected chi connectivity index (χ1v) is 6.47. The zero-order valence-electron chi connectivity index (χ0n) is 9.91. The first-order chi connectivity index (χ1) is 7.86.